The van der Waals surface area contributed by atoms with Gasteiger partial charge in [-0.25, -0.2) is 4.98 Å². The van der Waals surface area contributed by atoms with Crippen LogP contribution in [0.25, 0.3) is 0 Å². The van der Waals surface area contributed by atoms with Gasteiger partial charge in [-0.3, -0.25) is 4.79 Å². The first-order valence-electron chi connectivity index (χ1n) is 11.9. The van der Waals surface area contributed by atoms with Gasteiger partial charge in [0.25, 0.3) is 0 Å². The largest absolute Gasteiger partial charge is 0.469 e. The number of rotatable bonds is 8. The number of Topliss-reactive ketones (excluding diaryl/α,β-unsaturated/α-hetero) is 1. The van der Waals surface area contributed by atoms with E-state index in [1.807, 2.05) is 48.5 Å². The van der Waals surface area contributed by atoms with E-state index in [-0.39, 0.29) is 12.4 Å². The molecule has 6 heteroatoms. The van der Waals surface area contributed by atoms with Crippen LogP contribution in [0.5, 0.6) is 5.88 Å². The molecule has 176 valence electrons. The van der Waals surface area contributed by atoms with Crippen molar-refractivity contribution in [3.63, 3.8) is 0 Å². The van der Waals surface area contributed by atoms with E-state index in [9.17, 15) is 4.79 Å². The van der Waals surface area contributed by atoms with Crippen LogP contribution in [-0.2, 0) is 6.42 Å². The number of aromatic nitrogens is 2. The molecule has 0 radical (unpaired) electrons. The van der Waals surface area contributed by atoms with Crippen molar-refractivity contribution in [2.75, 3.05) is 42.6 Å². The summed E-state index contributed by atoms with van der Waals surface area (Å²) in [5.74, 6) is 0.996. The molecule has 0 atom stereocenters. The van der Waals surface area contributed by atoms with Gasteiger partial charge in [0.2, 0.25) is 11.8 Å². The number of nitrogens with zero attached hydrogens (tertiary/aromatic N) is 4. The lowest BCUT2D eigenvalue weighted by Crippen LogP contribution is -2.47. The van der Waals surface area contributed by atoms with Crippen molar-refractivity contribution in [3.8, 4) is 5.88 Å². The number of benzene rings is 3. The van der Waals surface area contributed by atoms with E-state index in [1.54, 1.807) is 12.1 Å². The molecular formula is C29H28N4O2. The summed E-state index contributed by atoms with van der Waals surface area (Å²) in [7, 11) is 0. The summed E-state index contributed by atoms with van der Waals surface area (Å²) in [5, 5.41) is 0. The molecule has 1 saturated heterocycles. The van der Waals surface area contributed by atoms with E-state index in [1.165, 1.54) is 5.69 Å². The van der Waals surface area contributed by atoms with Gasteiger partial charge in [0, 0.05) is 49.9 Å². The minimum absolute atomic E-state index is 0.0625. The smallest absolute Gasteiger partial charge is 0.229 e. The quantitative estimate of drug-likeness (QED) is 0.354. The van der Waals surface area contributed by atoms with Crippen LogP contribution in [0.1, 0.15) is 21.6 Å². The fourth-order valence-electron chi connectivity index (χ4n) is 4.22. The predicted molar refractivity (Wildman–Crippen MR) is 138 cm³/mol. The minimum Gasteiger partial charge on any atom is -0.469 e. The molecule has 0 amide bonds. The van der Waals surface area contributed by atoms with Crippen LogP contribution >= 0.6 is 0 Å². The van der Waals surface area contributed by atoms with Crippen molar-refractivity contribution in [2.24, 2.45) is 0 Å². The van der Waals surface area contributed by atoms with Crippen molar-refractivity contribution in [1.82, 2.24) is 9.97 Å². The second-order valence-corrected chi connectivity index (χ2v) is 8.55. The zero-order chi connectivity index (χ0) is 23.9. The molecule has 1 fully saturated rings. The number of carbonyl (C=O) groups excluding carboxylic acids is 1. The first-order chi connectivity index (χ1) is 17.2. The van der Waals surface area contributed by atoms with Crippen molar-refractivity contribution in [1.29, 1.82) is 0 Å². The van der Waals surface area contributed by atoms with Crippen molar-refractivity contribution >= 4 is 17.4 Å². The van der Waals surface area contributed by atoms with Gasteiger partial charge in [0.15, 0.2) is 12.4 Å². The first-order valence-corrected chi connectivity index (χ1v) is 11.9. The third-order valence-electron chi connectivity index (χ3n) is 6.10. The minimum atomic E-state index is -0.0770. The number of anilines is 2. The van der Waals surface area contributed by atoms with E-state index in [0.29, 0.717) is 23.8 Å². The van der Waals surface area contributed by atoms with Gasteiger partial charge in [-0.15, -0.1) is 0 Å². The van der Waals surface area contributed by atoms with Crippen LogP contribution in [0.2, 0.25) is 0 Å². The van der Waals surface area contributed by atoms with E-state index in [0.717, 1.165) is 37.4 Å². The molecule has 0 saturated carbocycles. The van der Waals surface area contributed by atoms with E-state index in [2.05, 4.69) is 51.2 Å². The molecule has 3 aromatic carbocycles. The summed E-state index contributed by atoms with van der Waals surface area (Å²) in [6.45, 7) is 3.34. The Morgan fingerprint density at radius 3 is 2.03 bits per heavy atom. The van der Waals surface area contributed by atoms with Crippen LogP contribution in [0.15, 0.2) is 97.1 Å². The van der Waals surface area contributed by atoms with E-state index in [4.69, 9.17) is 9.72 Å². The number of hydrogen-bond donors (Lipinski definition) is 0. The predicted octanol–water partition coefficient (Wildman–Crippen LogP) is 4.66. The normalized spacial score (nSPS) is 13.5. The number of para-hydroxylation sites is 1. The van der Waals surface area contributed by atoms with Crippen LogP contribution < -0.4 is 14.5 Å². The first kappa shape index (κ1) is 22.6. The highest BCUT2D eigenvalue weighted by Crippen LogP contribution is 2.22. The number of ether oxygens (including phenoxy) is 1. The molecule has 4 aromatic rings. The molecule has 5 rings (SSSR count). The molecule has 0 unspecified atom stereocenters. The SMILES string of the molecule is O=C(COc1cc(Cc2ccccc2)nc(N2CCN(c3ccccc3)CC2)n1)c1ccccc1. The molecule has 0 aliphatic carbocycles. The summed E-state index contributed by atoms with van der Waals surface area (Å²) >= 11 is 0. The van der Waals surface area contributed by atoms with E-state index < -0.39 is 0 Å². The fraction of sp³-hybridized carbons (Fsp3) is 0.207. The summed E-state index contributed by atoms with van der Waals surface area (Å²) in [5.41, 5.74) is 3.89. The topological polar surface area (TPSA) is 58.6 Å². The molecule has 0 N–H and O–H groups in total. The van der Waals surface area contributed by atoms with Crippen molar-refractivity contribution in [3.05, 3.63) is 114 Å². The third kappa shape index (κ3) is 5.84. The van der Waals surface area contributed by atoms with Gasteiger partial charge in [-0.2, -0.15) is 4.98 Å². The van der Waals surface area contributed by atoms with Gasteiger partial charge < -0.3 is 14.5 Å². The zero-order valence-electron chi connectivity index (χ0n) is 19.6. The van der Waals surface area contributed by atoms with Crippen LogP contribution in [0, 0.1) is 0 Å². The second kappa shape index (κ2) is 10.8. The average Bonchev–Trinajstić information content (AvgIpc) is 2.93. The van der Waals surface area contributed by atoms with Crippen molar-refractivity contribution < 1.29 is 9.53 Å². The number of hydrogen-bond acceptors (Lipinski definition) is 6. The van der Waals surface area contributed by atoms with Gasteiger partial charge in [0.05, 0.1) is 5.69 Å². The Balaban J connectivity index is 1.33. The molecule has 0 bridgehead atoms. The maximum absolute atomic E-state index is 12.6. The highest BCUT2D eigenvalue weighted by Gasteiger charge is 2.21. The van der Waals surface area contributed by atoms with Crippen LogP contribution in [0.3, 0.4) is 0 Å². The summed E-state index contributed by atoms with van der Waals surface area (Å²) in [4.78, 5) is 26.7. The number of piperazine rings is 1. The highest BCUT2D eigenvalue weighted by molar-refractivity contribution is 5.97. The summed E-state index contributed by atoms with van der Waals surface area (Å²) in [6, 6.07) is 31.7. The molecule has 0 spiro atoms. The Morgan fingerprint density at radius 2 is 1.34 bits per heavy atom. The summed E-state index contributed by atoms with van der Waals surface area (Å²) in [6.07, 6.45) is 0.670. The van der Waals surface area contributed by atoms with Gasteiger partial charge in [-0.05, 0) is 17.7 Å². The maximum atomic E-state index is 12.6. The lowest BCUT2D eigenvalue weighted by molar-refractivity contribution is 0.0918. The lowest BCUT2D eigenvalue weighted by Gasteiger charge is -2.36. The fourth-order valence-corrected chi connectivity index (χ4v) is 4.22. The second-order valence-electron chi connectivity index (χ2n) is 8.55. The summed E-state index contributed by atoms with van der Waals surface area (Å²) < 4.78 is 5.88. The zero-order valence-corrected chi connectivity index (χ0v) is 19.6. The van der Waals surface area contributed by atoms with Crippen LogP contribution in [0.4, 0.5) is 11.6 Å². The monoisotopic (exact) mass is 464 g/mol. The number of carbonyl (C=O) groups is 1. The lowest BCUT2D eigenvalue weighted by atomic mass is 10.1. The Kier molecular flexibility index (Phi) is 6.99. The Bertz CT molecular complexity index is 1240. The molecular weight excluding hydrogens is 436 g/mol. The molecule has 2 heterocycles. The Labute approximate surface area is 205 Å². The highest BCUT2D eigenvalue weighted by atomic mass is 16.5. The molecule has 35 heavy (non-hydrogen) atoms. The van der Waals surface area contributed by atoms with E-state index >= 15 is 0 Å². The van der Waals surface area contributed by atoms with Crippen LogP contribution in [-0.4, -0.2) is 48.5 Å². The van der Waals surface area contributed by atoms with Gasteiger partial charge >= 0.3 is 0 Å². The number of ketones is 1. The van der Waals surface area contributed by atoms with Crippen molar-refractivity contribution in [2.45, 2.75) is 6.42 Å². The molecule has 1 aliphatic heterocycles. The molecule has 1 aromatic heterocycles. The third-order valence-corrected chi connectivity index (χ3v) is 6.10. The maximum Gasteiger partial charge on any atom is 0.229 e. The standard InChI is InChI=1S/C29H28N4O2/c34-27(24-12-6-2-7-13-24)22-35-28-21-25(20-23-10-4-1-5-11-23)30-29(31-28)33-18-16-32(17-19-33)26-14-8-3-9-15-26/h1-15,21H,16-20,22H2. The Morgan fingerprint density at radius 1 is 0.743 bits per heavy atom. The van der Waals surface area contributed by atoms with Gasteiger partial charge in [-0.1, -0.05) is 78.9 Å². The van der Waals surface area contributed by atoms with Gasteiger partial charge in [0.1, 0.15) is 0 Å². The molecule has 6 nitrogen and oxygen atoms in total. The molecule has 1 aliphatic rings. The Hall–Kier alpha value is -4.19. The average molecular weight is 465 g/mol.